The maximum Gasteiger partial charge on any atom is 0.304 e. The minimum absolute atomic E-state index is 0.173. The van der Waals surface area contributed by atoms with Crippen LogP contribution in [0.1, 0.15) is 15.9 Å². The van der Waals surface area contributed by atoms with E-state index in [9.17, 15) is 13.2 Å². The number of carbonyl (C=O) groups is 1. The fourth-order valence-electron chi connectivity index (χ4n) is 2.49. The maximum atomic E-state index is 12.4. The number of nitrogens with zero attached hydrogens (tertiary/aromatic N) is 2. The minimum Gasteiger partial charge on any atom is -0.324 e. The Balaban J connectivity index is 1.73. The van der Waals surface area contributed by atoms with Gasteiger partial charge in [0.15, 0.2) is 0 Å². The van der Waals surface area contributed by atoms with E-state index in [-0.39, 0.29) is 12.1 Å². The molecule has 0 aliphatic carbocycles. The van der Waals surface area contributed by atoms with Crippen LogP contribution in [0.3, 0.4) is 0 Å². The van der Waals surface area contributed by atoms with Gasteiger partial charge in [-0.25, -0.2) is 4.72 Å². The van der Waals surface area contributed by atoms with E-state index in [0.29, 0.717) is 0 Å². The first-order chi connectivity index (χ1) is 12.5. The Labute approximate surface area is 152 Å². The second-order valence-electron chi connectivity index (χ2n) is 5.82. The summed E-state index contributed by atoms with van der Waals surface area (Å²) in [5.41, 5.74) is 1.88. The first-order valence-electron chi connectivity index (χ1n) is 8.01. The molecule has 6 nitrogen and oxygen atoms in total. The first kappa shape index (κ1) is 17.9. The number of hydrogen-bond donors (Lipinski definition) is 1. The quantitative estimate of drug-likeness (QED) is 0.726. The van der Waals surface area contributed by atoms with Gasteiger partial charge in [-0.15, -0.1) is 0 Å². The van der Waals surface area contributed by atoms with Crippen LogP contribution in [0.2, 0.25) is 0 Å². The van der Waals surface area contributed by atoms with E-state index in [4.69, 9.17) is 0 Å². The van der Waals surface area contributed by atoms with Crippen LogP contribution in [0, 0.1) is 0 Å². The predicted molar refractivity (Wildman–Crippen MR) is 100 cm³/mol. The van der Waals surface area contributed by atoms with Crippen LogP contribution >= 0.6 is 0 Å². The van der Waals surface area contributed by atoms with Gasteiger partial charge in [0.2, 0.25) is 0 Å². The number of carbonyl (C=O) groups excluding carboxylic acids is 1. The number of rotatable bonds is 6. The highest BCUT2D eigenvalue weighted by atomic mass is 32.2. The molecule has 0 aliphatic rings. The molecule has 0 radical (unpaired) electrons. The van der Waals surface area contributed by atoms with Crippen LogP contribution in [0.5, 0.6) is 0 Å². The third kappa shape index (κ3) is 4.19. The smallest absolute Gasteiger partial charge is 0.304 e. The average Bonchev–Trinajstić information content (AvgIpc) is 3.17. The summed E-state index contributed by atoms with van der Waals surface area (Å²) in [6.45, 7) is 0.173. The molecule has 26 heavy (non-hydrogen) atoms. The molecule has 2 aromatic carbocycles. The van der Waals surface area contributed by atoms with Crippen molar-refractivity contribution in [3.8, 4) is 5.69 Å². The van der Waals surface area contributed by atoms with Crippen LogP contribution in [0.25, 0.3) is 5.69 Å². The second-order valence-corrected chi connectivity index (χ2v) is 7.60. The van der Waals surface area contributed by atoms with E-state index in [0.717, 1.165) is 15.6 Å². The van der Waals surface area contributed by atoms with Crippen molar-refractivity contribution in [3.05, 3.63) is 90.3 Å². The molecule has 0 unspecified atom stereocenters. The summed E-state index contributed by atoms with van der Waals surface area (Å²) in [4.78, 5) is 12.4. The molecule has 0 spiro atoms. The Morgan fingerprint density at radius 1 is 1.00 bits per heavy atom. The lowest BCUT2D eigenvalue weighted by Crippen LogP contribution is -2.41. The molecule has 1 heterocycles. The second kappa shape index (κ2) is 7.55. The fraction of sp³-hybridized carbons (Fsp3) is 0.105. The molecule has 0 saturated carbocycles. The number of nitrogens with one attached hydrogen (secondary N) is 1. The average molecular weight is 369 g/mol. The summed E-state index contributed by atoms with van der Waals surface area (Å²) in [6.07, 6.45) is 3.70. The largest absolute Gasteiger partial charge is 0.324 e. The Morgan fingerprint density at radius 3 is 2.38 bits per heavy atom. The number of amides is 1. The number of aromatic nitrogens is 1. The maximum absolute atomic E-state index is 12.4. The number of benzene rings is 2. The zero-order valence-corrected chi connectivity index (χ0v) is 15.1. The van der Waals surface area contributed by atoms with E-state index in [1.165, 1.54) is 7.05 Å². The van der Waals surface area contributed by atoms with E-state index in [1.54, 1.807) is 18.2 Å². The van der Waals surface area contributed by atoms with Gasteiger partial charge in [0.1, 0.15) is 0 Å². The molecule has 7 heteroatoms. The van der Waals surface area contributed by atoms with Gasteiger partial charge < -0.3 is 4.57 Å². The van der Waals surface area contributed by atoms with Gasteiger partial charge in [-0.3, -0.25) is 4.79 Å². The summed E-state index contributed by atoms with van der Waals surface area (Å²) in [5, 5.41) is 0. The first-order valence-corrected chi connectivity index (χ1v) is 9.45. The summed E-state index contributed by atoms with van der Waals surface area (Å²) in [7, 11) is -2.52. The molecule has 1 amide bonds. The third-order valence-electron chi connectivity index (χ3n) is 3.89. The lowest BCUT2D eigenvalue weighted by molar-refractivity contribution is 0.0979. The van der Waals surface area contributed by atoms with Gasteiger partial charge in [-0.1, -0.05) is 36.4 Å². The van der Waals surface area contributed by atoms with Crippen LogP contribution < -0.4 is 4.72 Å². The summed E-state index contributed by atoms with van der Waals surface area (Å²) >= 11 is 0. The monoisotopic (exact) mass is 369 g/mol. The lowest BCUT2D eigenvalue weighted by atomic mass is 10.2. The highest BCUT2D eigenvalue weighted by Gasteiger charge is 2.21. The van der Waals surface area contributed by atoms with Crippen molar-refractivity contribution in [2.75, 3.05) is 7.05 Å². The summed E-state index contributed by atoms with van der Waals surface area (Å²) < 4.78 is 29.9. The van der Waals surface area contributed by atoms with Gasteiger partial charge in [-0.05, 0) is 35.9 Å². The molecular weight excluding hydrogens is 350 g/mol. The van der Waals surface area contributed by atoms with E-state index < -0.39 is 16.1 Å². The van der Waals surface area contributed by atoms with Gasteiger partial charge in [-0.2, -0.15) is 12.7 Å². The molecule has 0 fully saturated rings. The molecule has 0 saturated heterocycles. The van der Waals surface area contributed by atoms with E-state index in [1.807, 2.05) is 65.5 Å². The lowest BCUT2D eigenvalue weighted by Gasteiger charge is -2.17. The fourth-order valence-corrected chi connectivity index (χ4v) is 3.32. The molecule has 0 bridgehead atoms. The molecule has 3 rings (SSSR count). The van der Waals surface area contributed by atoms with Crippen LogP contribution in [0.4, 0.5) is 0 Å². The van der Waals surface area contributed by atoms with E-state index in [2.05, 4.69) is 4.72 Å². The Bertz CT molecular complexity index is 984. The van der Waals surface area contributed by atoms with Crippen LogP contribution in [-0.4, -0.2) is 30.2 Å². The zero-order valence-electron chi connectivity index (χ0n) is 14.2. The molecule has 0 aliphatic heterocycles. The number of hydrogen-bond acceptors (Lipinski definition) is 3. The normalized spacial score (nSPS) is 11.5. The topological polar surface area (TPSA) is 71.4 Å². The third-order valence-corrected chi connectivity index (χ3v) is 5.28. The van der Waals surface area contributed by atoms with Gasteiger partial charge in [0.05, 0.1) is 0 Å². The van der Waals surface area contributed by atoms with E-state index >= 15 is 0 Å². The molecule has 1 aromatic heterocycles. The van der Waals surface area contributed by atoms with Crippen molar-refractivity contribution >= 4 is 16.1 Å². The Kier molecular flexibility index (Phi) is 5.20. The molecule has 0 atom stereocenters. The predicted octanol–water partition coefficient (Wildman–Crippen LogP) is 2.58. The molecule has 134 valence electrons. The summed E-state index contributed by atoms with van der Waals surface area (Å²) in [5.74, 6) is -0.668. The van der Waals surface area contributed by atoms with Gasteiger partial charge in [0, 0.05) is 37.2 Å². The van der Waals surface area contributed by atoms with Crippen LogP contribution in [-0.2, 0) is 16.8 Å². The summed E-state index contributed by atoms with van der Waals surface area (Å²) in [6, 6.07) is 19.7. The molecular formula is C19H19N3O3S. The van der Waals surface area contributed by atoms with Gasteiger partial charge >= 0.3 is 10.2 Å². The molecule has 3 aromatic rings. The SMILES string of the molecule is CN(Cc1ccccc1)S(=O)(=O)NC(=O)c1cccc(-n2cccc2)c1. The Morgan fingerprint density at radius 2 is 1.69 bits per heavy atom. The van der Waals surface area contributed by atoms with Crippen molar-refractivity contribution in [1.82, 2.24) is 13.6 Å². The van der Waals surface area contributed by atoms with Crippen LogP contribution in [0.15, 0.2) is 79.1 Å². The van der Waals surface area contributed by atoms with Crippen molar-refractivity contribution in [2.24, 2.45) is 0 Å². The minimum atomic E-state index is -3.95. The molecule has 1 N–H and O–H groups in total. The van der Waals surface area contributed by atoms with Crippen molar-refractivity contribution in [3.63, 3.8) is 0 Å². The van der Waals surface area contributed by atoms with Crippen molar-refractivity contribution in [1.29, 1.82) is 0 Å². The van der Waals surface area contributed by atoms with Gasteiger partial charge in [0.25, 0.3) is 5.91 Å². The van der Waals surface area contributed by atoms with Crippen molar-refractivity contribution in [2.45, 2.75) is 6.54 Å². The highest BCUT2D eigenvalue weighted by Crippen LogP contribution is 2.12. The highest BCUT2D eigenvalue weighted by molar-refractivity contribution is 7.87. The Hall–Kier alpha value is -2.90. The zero-order chi connectivity index (χ0) is 18.6. The van der Waals surface area contributed by atoms with Crippen molar-refractivity contribution < 1.29 is 13.2 Å². The standard InChI is InChI=1S/C19H19N3O3S/c1-21(15-16-8-3-2-4-9-16)26(24,25)20-19(23)17-10-7-11-18(14-17)22-12-5-6-13-22/h2-14H,15H2,1H3,(H,20,23).